The Morgan fingerprint density at radius 1 is 1.24 bits per heavy atom. The van der Waals surface area contributed by atoms with E-state index in [1.54, 1.807) is 0 Å². The minimum Gasteiger partial charge on any atom is -0.509 e. The standard InChI is InChI=1S/C19H17BrN4O/c1-24(11-13-6-8-14(20)9-7-13)12-18(25)15(10-21)19-22-16-4-2-3-5-17(16)23-19/h2-9,25H,11-12H2,1H3,(H,22,23)/b18-15-. The van der Waals surface area contributed by atoms with Gasteiger partial charge in [0.05, 0.1) is 17.6 Å². The van der Waals surface area contributed by atoms with Gasteiger partial charge in [-0.05, 0) is 36.9 Å². The van der Waals surface area contributed by atoms with Crippen molar-refractivity contribution in [1.82, 2.24) is 14.9 Å². The van der Waals surface area contributed by atoms with Crippen molar-refractivity contribution in [2.45, 2.75) is 6.54 Å². The molecule has 1 heterocycles. The second-order valence-corrected chi connectivity index (χ2v) is 6.75. The lowest BCUT2D eigenvalue weighted by Crippen LogP contribution is -2.21. The lowest BCUT2D eigenvalue weighted by Gasteiger charge is -2.16. The molecule has 3 rings (SSSR count). The highest BCUT2D eigenvalue weighted by Crippen LogP contribution is 2.19. The normalized spacial score (nSPS) is 12.2. The number of aromatic amines is 1. The Kier molecular flexibility index (Phi) is 5.17. The third kappa shape index (κ3) is 4.08. The van der Waals surface area contributed by atoms with E-state index in [1.165, 1.54) is 0 Å². The van der Waals surface area contributed by atoms with Crippen LogP contribution in [0, 0.1) is 11.3 Å². The zero-order chi connectivity index (χ0) is 17.8. The van der Waals surface area contributed by atoms with Crippen LogP contribution in [0.15, 0.2) is 58.8 Å². The third-order valence-electron chi connectivity index (χ3n) is 3.81. The number of likely N-dealkylation sites (N-methyl/N-ethyl adjacent to an activating group) is 1. The molecule has 1 aromatic heterocycles. The SMILES string of the molecule is CN(C/C(O)=C(\C#N)c1nc2ccccc2[nH]1)Cc1ccc(Br)cc1. The first kappa shape index (κ1) is 17.2. The third-order valence-corrected chi connectivity index (χ3v) is 4.34. The molecule has 0 saturated carbocycles. The maximum absolute atomic E-state index is 10.4. The van der Waals surface area contributed by atoms with Crippen molar-refractivity contribution >= 4 is 32.5 Å². The fraction of sp³-hybridized carbons (Fsp3) is 0.158. The van der Waals surface area contributed by atoms with Crippen LogP contribution in [0.5, 0.6) is 0 Å². The number of fused-ring (bicyclic) bond motifs is 1. The molecule has 2 aromatic carbocycles. The van der Waals surface area contributed by atoms with Gasteiger partial charge in [-0.1, -0.05) is 40.2 Å². The van der Waals surface area contributed by atoms with Gasteiger partial charge in [0.1, 0.15) is 17.4 Å². The summed E-state index contributed by atoms with van der Waals surface area (Å²) in [6.07, 6.45) is 0. The molecule has 25 heavy (non-hydrogen) atoms. The summed E-state index contributed by atoms with van der Waals surface area (Å²) in [5.74, 6) is 0.388. The van der Waals surface area contributed by atoms with Crippen LogP contribution in [0.25, 0.3) is 16.6 Å². The number of aliphatic hydroxyl groups excluding tert-OH is 1. The van der Waals surface area contributed by atoms with E-state index >= 15 is 0 Å². The summed E-state index contributed by atoms with van der Waals surface area (Å²) in [5.41, 5.74) is 2.89. The number of rotatable bonds is 5. The summed E-state index contributed by atoms with van der Waals surface area (Å²) in [6, 6.07) is 17.6. The monoisotopic (exact) mass is 396 g/mol. The fourth-order valence-corrected chi connectivity index (χ4v) is 2.88. The van der Waals surface area contributed by atoms with E-state index < -0.39 is 0 Å². The first-order chi connectivity index (χ1) is 12.1. The van der Waals surface area contributed by atoms with Crippen LogP contribution in [0.1, 0.15) is 11.4 Å². The number of para-hydroxylation sites is 2. The highest BCUT2D eigenvalue weighted by atomic mass is 79.9. The Hall–Kier alpha value is -2.62. The van der Waals surface area contributed by atoms with Crippen LogP contribution in [-0.4, -0.2) is 33.6 Å². The zero-order valence-corrected chi connectivity index (χ0v) is 15.3. The Labute approximate surface area is 154 Å². The van der Waals surface area contributed by atoms with Gasteiger partial charge >= 0.3 is 0 Å². The number of aliphatic hydroxyl groups is 1. The predicted octanol–water partition coefficient (Wildman–Crippen LogP) is 4.25. The Morgan fingerprint density at radius 2 is 1.96 bits per heavy atom. The van der Waals surface area contributed by atoms with E-state index in [9.17, 15) is 10.4 Å². The number of nitrogens with zero attached hydrogens (tertiary/aromatic N) is 3. The Bertz CT molecular complexity index is 920. The van der Waals surface area contributed by atoms with Crippen LogP contribution >= 0.6 is 15.9 Å². The quantitative estimate of drug-likeness (QED) is 0.499. The van der Waals surface area contributed by atoms with Gasteiger partial charge in [-0.25, -0.2) is 4.98 Å². The molecule has 5 nitrogen and oxygen atoms in total. The van der Waals surface area contributed by atoms with Gasteiger partial charge in [-0.2, -0.15) is 5.26 Å². The average Bonchev–Trinajstić information content (AvgIpc) is 3.01. The van der Waals surface area contributed by atoms with Crippen molar-refractivity contribution < 1.29 is 5.11 Å². The van der Waals surface area contributed by atoms with Crippen LogP contribution in [-0.2, 0) is 6.54 Å². The van der Waals surface area contributed by atoms with Crippen molar-refractivity contribution in [3.05, 3.63) is 70.2 Å². The lowest BCUT2D eigenvalue weighted by molar-refractivity contribution is 0.286. The minimum atomic E-state index is 0.00108. The number of benzene rings is 2. The molecule has 2 N–H and O–H groups in total. The van der Waals surface area contributed by atoms with E-state index in [0.717, 1.165) is 21.1 Å². The summed E-state index contributed by atoms with van der Waals surface area (Å²) in [6.45, 7) is 0.923. The number of H-pyrrole nitrogens is 1. The summed E-state index contributed by atoms with van der Waals surface area (Å²) < 4.78 is 1.03. The number of hydrogen-bond donors (Lipinski definition) is 2. The van der Waals surface area contributed by atoms with E-state index in [-0.39, 0.29) is 17.9 Å². The summed E-state index contributed by atoms with van der Waals surface area (Å²) in [5, 5.41) is 19.9. The molecule has 0 radical (unpaired) electrons. The second-order valence-electron chi connectivity index (χ2n) is 5.83. The minimum absolute atomic E-state index is 0.00108. The number of nitriles is 1. The topological polar surface area (TPSA) is 75.9 Å². The number of imidazole rings is 1. The average molecular weight is 397 g/mol. The van der Waals surface area contributed by atoms with Gasteiger partial charge in [0.15, 0.2) is 5.82 Å². The molecule has 0 bridgehead atoms. The molecular weight excluding hydrogens is 380 g/mol. The van der Waals surface area contributed by atoms with Crippen molar-refractivity contribution in [3.8, 4) is 6.07 Å². The van der Waals surface area contributed by atoms with Gasteiger partial charge in [0.25, 0.3) is 0 Å². The van der Waals surface area contributed by atoms with E-state index in [4.69, 9.17) is 0 Å². The molecule has 0 aliphatic heterocycles. The Morgan fingerprint density at radius 3 is 2.64 bits per heavy atom. The molecule has 126 valence electrons. The lowest BCUT2D eigenvalue weighted by atomic mass is 10.2. The van der Waals surface area contributed by atoms with Crippen LogP contribution < -0.4 is 0 Å². The van der Waals surface area contributed by atoms with Crippen LogP contribution in [0.4, 0.5) is 0 Å². The number of allylic oxidation sites excluding steroid dienone is 1. The summed E-state index contributed by atoms with van der Waals surface area (Å²) in [4.78, 5) is 9.41. The van der Waals surface area contributed by atoms with E-state index in [2.05, 4.69) is 32.0 Å². The number of hydrogen-bond acceptors (Lipinski definition) is 4. The largest absolute Gasteiger partial charge is 0.509 e. The predicted molar refractivity (Wildman–Crippen MR) is 102 cm³/mol. The Balaban J connectivity index is 1.79. The van der Waals surface area contributed by atoms with Gasteiger partial charge < -0.3 is 10.1 Å². The molecule has 0 spiro atoms. The highest BCUT2D eigenvalue weighted by Gasteiger charge is 2.14. The fourth-order valence-electron chi connectivity index (χ4n) is 2.62. The maximum Gasteiger partial charge on any atom is 0.152 e. The summed E-state index contributed by atoms with van der Waals surface area (Å²) in [7, 11) is 1.89. The molecule has 0 amide bonds. The first-order valence-electron chi connectivity index (χ1n) is 7.77. The van der Waals surface area contributed by atoms with Crippen LogP contribution in [0.3, 0.4) is 0 Å². The molecule has 0 saturated heterocycles. The maximum atomic E-state index is 10.4. The van der Waals surface area contributed by atoms with Crippen molar-refractivity contribution in [1.29, 1.82) is 5.26 Å². The van der Waals surface area contributed by atoms with Crippen LogP contribution in [0.2, 0.25) is 0 Å². The molecule has 0 aliphatic carbocycles. The smallest absolute Gasteiger partial charge is 0.152 e. The van der Waals surface area contributed by atoms with E-state index in [0.29, 0.717) is 12.4 Å². The van der Waals surface area contributed by atoms with Gasteiger partial charge in [-0.15, -0.1) is 0 Å². The van der Waals surface area contributed by atoms with Gasteiger partial charge in [-0.3, -0.25) is 4.90 Å². The molecule has 6 heteroatoms. The summed E-state index contributed by atoms with van der Waals surface area (Å²) >= 11 is 3.41. The highest BCUT2D eigenvalue weighted by molar-refractivity contribution is 9.10. The number of nitrogens with one attached hydrogen (secondary N) is 1. The van der Waals surface area contributed by atoms with Crippen molar-refractivity contribution in [2.75, 3.05) is 13.6 Å². The van der Waals surface area contributed by atoms with Gasteiger partial charge in [0, 0.05) is 11.0 Å². The first-order valence-corrected chi connectivity index (χ1v) is 8.56. The molecular formula is C19H17BrN4O. The zero-order valence-electron chi connectivity index (χ0n) is 13.7. The molecule has 0 atom stereocenters. The molecule has 0 aliphatic rings. The number of aromatic nitrogens is 2. The number of halogens is 1. The molecule has 0 fully saturated rings. The molecule has 0 unspecified atom stereocenters. The second kappa shape index (κ2) is 7.51. The molecule has 3 aromatic rings. The van der Waals surface area contributed by atoms with Crippen molar-refractivity contribution in [3.63, 3.8) is 0 Å². The van der Waals surface area contributed by atoms with Crippen molar-refractivity contribution in [2.24, 2.45) is 0 Å². The van der Waals surface area contributed by atoms with E-state index in [1.807, 2.05) is 60.5 Å². The van der Waals surface area contributed by atoms with Gasteiger partial charge in [0.2, 0.25) is 0 Å².